The van der Waals surface area contributed by atoms with Gasteiger partial charge in [-0.3, -0.25) is 9.89 Å². The van der Waals surface area contributed by atoms with Crippen molar-refractivity contribution in [1.29, 1.82) is 0 Å². The van der Waals surface area contributed by atoms with Crippen molar-refractivity contribution in [3.63, 3.8) is 0 Å². The number of aromatic amines is 1. The molecule has 2 saturated heterocycles. The number of anilines is 1. The molecule has 6 nitrogen and oxygen atoms in total. The summed E-state index contributed by atoms with van der Waals surface area (Å²) in [5, 5.41) is 11.0. The molecule has 3 heterocycles. The third-order valence-corrected chi connectivity index (χ3v) is 4.54. The van der Waals surface area contributed by atoms with Crippen LogP contribution in [0, 0.1) is 0 Å². The van der Waals surface area contributed by atoms with E-state index >= 15 is 0 Å². The fourth-order valence-electron chi connectivity index (χ4n) is 3.27. The summed E-state index contributed by atoms with van der Waals surface area (Å²) < 4.78 is 0. The number of hydrogen-bond acceptors (Lipinski definition) is 4. The average molecular weight is 291 g/mol. The van der Waals surface area contributed by atoms with Gasteiger partial charge in [-0.15, -0.1) is 0 Å². The molecule has 0 aliphatic carbocycles. The number of amides is 1. The third kappa shape index (κ3) is 3.20. The number of nitrogens with one attached hydrogen (secondary N) is 2. The number of piperazine rings is 1. The molecule has 2 aliphatic heterocycles. The fourth-order valence-corrected chi connectivity index (χ4v) is 3.27. The molecule has 0 saturated carbocycles. The van der Waals surface area contributed by atoms with E-state index in [1.807, 2.05) is 11.8 Å². The zero-order valence-corrected chi connectivity index (χ0v) is 12.8. The van der Waals surface area contributed by atoms with Gasteiger partial charge in [-0.05, 0) is 12.8 Å². The standard InChI is InChI=1S/C15H25N5O/c1-2-15(21)20-7-3-4-12(11-20)13-10-14(18-17-13)19-8-5-16-6-9-19/h10,12,16H,2-9,11H2,1H3,(H,17,18). The molecule has 116 valence electrons. The Morgan fingerprint density at radius 3 is 2.95 bits per heavy atom. The van der Waals surface area contributed by atoms with Crippen molar-refractivity contribution in [2.24, 2.45) is 0 Å². The molecule has 1 aromatic heterocycles. The van der Waals surface area contributed by atoms with Crippen molar-refractivity contribution in [1.82, 2.24) is 20.4 Å². The lowest BCUT2D eigenvalue weighted by atomic mass is 9.94. The Bertz CT molecular complexity index is 480. The highest BCUT2D eigenvalue weighted by Gasteiger charge is 2.26. The Morgan fingerprint density at radius 2 is 2.19 bits per heavy atom. The Labute approximate surface area is 125 Å². The number of hydrogen-bond donors (Lipinski definition) is 2. The lowest BCUT2D eigenvalue weighted by Gasteiger charge is -2.32. The van der Waals surface area contributed by atoms with Crippen LogP contribution in [0.15, 0.2) is 6.07 Å². The van der Waals surface area contributed by atoms with Crippen LogP contribution in [-0.4, -0.2) is 60.3 Å². The lowest BCUT2D eigenvalue weighted by Crippen LogP contribution is -2.43. The second-order valence-electron chi connectivity index (χ2n) is 5.95. The van der Waals surface area contributed by atoms with Gasteiger partial charge >= 0.3 is 0 Å². The first-order valence-electron chi connectivity index (χ1n) is 8.06. The highest BCUT2D eigenvalue weighted by Crippen LogP contribution is 2.28. The van der Waals surface area contributed by atoms with E-state index in [-0.39, 0.29) is 5.91 Å². The van der Waals surface area contributed by atoms with Crippen LogP contribution in [0.3, 0.4) is 0 Å². The molecular formula is C15H25N5O. The number of carbonyl (C=O) groups excluding carboxylic acids is 1. The van der Waals surface area contributed by atoms with Crippen LogP contribution in [0.5, 0.6) is 0 Å². The monoisotopic (exact) mass is 291 g/mol. The molecule has 21 heavy (non-hydrogen) atoms. The minimum Gasteiger partial charge on any atom is -0.353 e. The summed E-state index contributed by atoms with van der Waals surface area (Å²) in [6.07, 6.45) is 2.82. The Hall–Kier alpha value is -1.56. The first-order chi connectivity index (χ1) is 10.3. The SMILES string of the molecule is CCC(=O)N1CCCC(c2cc(N3CCNCC3)n[nH]2)C1. The summed E-state index contributed by atoms with van der Waals surface area (Å²) in [7, 11) is 0. The molecule has 6 heteroatoms. The molecule has 1 amide bonds. The highest BCUT2D eigenvalue weighted by atomic mass is 16.2. The van der Waals surface area contributed by atoms with Crippen LogP contribution >= 0.6 is 0 Å². The van der Waals surface area contributed by atoms with Gasteiger partial charge in [-0.25, -0.2) is 0 Å². The number of H-pyrrole nitrogens is 1. The maximum atomic E-state index is 11.9. The minimum absolute atomic E-state index is 0.265. The van der Waals surface area contributed by atoms with Gasteiger partial charge in [0.25, 0.3) is 0 Å². The van der Waals surface area contributed by atoms with E-state index < -0.39 is 0 Å². The molecule has 0 bridgehead atoms. The summed E-state index contributed by atoms with van der Waals surface area (Å²) in [6.45, 7) is 7.72. The van der Waals surface area contributed by atoms with Crippen molar-refractivity contribution in [3.05, 3.63) is 11.8 Å². The van der Waals surface area contributed by atoms with Crippen LogP contribution in [0.2, 0.25) is 0 Å². The van der Waals surface area contributed by atoms with Gasteiger partial charge in [0.05, 0.1) is 0 Å². The number of aromatic nitrogens is 2. The first-order valence-corrected chi connectivity index (χ1v) is 8.06. The normalized spacial score (nSPS) is 23.4. The number of nitrogens with zero attached hydrogens (tertiary/aromatic N) is 3. The highest BCUT2D eigenvalue weighted by molar-refractivity contribution is 5.76. The predicted molar refractivity (Wildman–Crippen MR) is 82.5 cm³/mol. The lowest BCUT2D eigenvalue weighted by molar-refractivity contribution is -0.132. The Kier molecular flexibility index (Phi) is 4.43. The van der Waals surface area contributed by atoms with E-state index in [0.717, 1.165) is 57.9 Å². The Morgan fingerprint density at radius 1 is 1.38 bits per heavy atom. The van der Waals surface area contributed by atoms with Gasteiger partial charge in [-0.2, -0.15) is 5.10 Å². The van der Waals surface area contributed by atoms with E-state index in [1.54, 1.807) is 0 Å². The molecular weight excluding hydrogens is 266 g/mol. The number of likely N-dealkylation sites (tertiary alicyclic amines) is 1. The molecule has 1 atom stereocenters. The Balaban J connectivity index is 1.66. The van der Waals surface area contributed by atoms with Crippen LogP contribution in [0.4, 0.5) is 5.82 Å². The van der Waals surface area contributed by atoms with Crippen molar-refractivity contribution in [3.8, 4) is 0 Å². The van der Waals surface area contributed by atoms with Gasteiger partial charge in [-0.1, -0.05) is 6.92 Å². The summed E-state index contributed by atoms with van der Waals surface area (Å²) in [4.78, 5) is 16.2. The van der Waals surface area contributed by atoms with Gasteiger partial charge in [0.1, 0.15) is 0 Å². The minimum atomic E-state index is 0.265. The maximum Gasteiger partial charge on any atom is 0.222 e. The van der Waals surface area contributed by atoms with E-state index in [2.05, 4.69) is 26.5 Å². The van der Waals surface area contributed by atoms with Crippen molar-refractivity contribution >= 4 is 11.7 Å². The third-order valence-electron chi connectivity index (χ3n) is 4.54. The molecule has 2 N–H and O–H groups in total. The first kappa shape index (κ1) is 14.4. The van der Waals surface area contributed by atoms with E-state index in [4.69, 9.17) is 0 Å². The van der Waals surface area contributed by atoms with Gasteiger partial charge < -0.3 is 15.1 Å². The molecule has 0 aromatic carbocycles. The molecule has 1 aromatic rings. The molecule has 3 rings (SSSR count). The second kappa shape index (κ2) is 6.47. The average Bonchev–Trinajstić information content (AvgIpc) is 3.05. The van der Waals surface area contributed by atoms with Crippen molar-refractivity contribution < 1.29 is 4.79 Å². The van der Waals surface area contributed by atoms with Gasteiger partial charge in [0.2, 0.25) is 5.91 Å². The molecule has 1 unspecified atom stereocenters. The summed E-state index contributed by atoms with van der Waals surface area (Å²) in [6, 6.07) is 2.18. The second-order valence-corrected chi connectivity index (χ2v) is 5.95. The van der Waals surface area contributed by atoms with Crippen LogP contribution in [-0.2, 0) is 4.79 Å². The van der Waals surface area contributed by atoms with Crippen LogP contribution < -0.4 is 10.2 Å². The van der Waals surface area contributed by atoms with E-state index in [9.17, 15) is 4.79 Å². The topological polar surface area (TPSA) is 64.3 Å². The zero-order valence-electron chi connectivity index (χ0n) is 12.8. The van der Waals surface area contributed by atoms with E-state index in [1.165, 1.54) is 5.69 Å². The number of rotatable bonds is 3. The zero-order chi connectivity index (χ0) is 14.7. The molecule has 0 spiro atoms. The molecule has 2 aliphatic rings. The smallest absolute Gasteiger partial charge is 0.222 e. The van der Waals surface area contributed by atoms with Crippen LogP contribution in [0.1, 0.15) is 37.8 Å². The quantitative estimate of drug-likeness (QED) is 0.870. The predicted octanol–water partition coefficient (Wildman–Crippen LogP) is 0.935. The van der Waals surface area contributed by atoms with Gasteiger partial charge in [0.15, 0.2) is 5.82 Å². The largest absolute Gasteiger partial charge is 0.353 e. The fraction of sp³-hybridized carbons (Fsp3) is 0.733. The van der Waals surface area contributed by atoms with E-state index in [0.29, 0.717) is 12.3 Å². The van der Waals surface area contributed by atoms with Crippen LogP contribution in [0.25, 0.3) is 0 Å². The summed E-state index contributed by atoms with van der Waals surface area (Å²) in [5.74, 6) is 1.71. The molecule has 0 radical (unpaired) electrons. The number of piperidine rings is 1. The van der Waals surface area contributed by atoms with Crippen molar-refractivity contribution in [2.75, 3.05) is 44.2 Å². The van der Waals surface area contributed by atoms with Crippen molar-refractivity contribution in [2.45, 2.75) is 32.1 Å². The maximum absolute atomic E-state index is 11.9. The number of carbonyl (C=O) groups is 1. The summed E-state index contributed by atoms with van der Waals surface area (Å²) >= 11 is 0. The van der Waals surface area contributed by atoms with Gasteiger partial charge in [0, 0.05) is 63.4 Å². The molecule has 2 fully saturated rings. The summed E-state index contributed by atoms with van der Waals surface area (Å²) in [5.41, 5.74) is 1.18.